The fourth-order valence-corrected chi connectivity index (χ4v) is 9.72. The predicted molar refractivity (Wildman–Crippen MR) is 228 cm³/mol. The molecule has 3 fully saturated rings. The summed E-state index contributed by atoms with van der Waals surface area (Å²) in [7, 11) is 3.91. The van der Waals surface area contributed by atoms with E-state index in [0.29, 0.717) is 32.4 Å². The molecule has 8 rings (SSSR count). The normalized spacial score (nSPS) is 21.3. The van der Waals surface area contributed by atoms with Crippen molar-refractivity contribution in [3.8, 4) is 33.6 Å². The summed E-state index contributed by atoms with van der Waals surface area (Å²) in [5, 5.41) is 9.91. The monoisotopic (exact) mass is 796 g/mol. The first kappa shape index (κ1) is 40.0. The molecule has 12 nitrogen and oxygen atoms in total. The minimum Gasteiger partial charge on any atom is -0.465 e. The number of likely N-dealkylation sites (tertiary alicyclic amines) is 2. The molecule has 3 aromatic carbocycles. The molecule has 5 aromatic rings. The molecule has 0 radical (unpaired) electrons. The highest BCUT2D eigenvalue weighted by Gasteiger charge is 2.43. The van der Waals surface area contributed by atoms with Gasteiger partial charge in [0, 0.05) is 30.6 Å². The molecule has 0 bridgehead atoms. The van der Waals surface area contributed by atoms with Crippen LogP contribution in [0.2, 0.25) is 0 Å². The van der Waals surface area contributed by atoms with Gasteiger partial charge in [-0.2, -0.15) is 0 Å². The molecule has 3 aliphatic rings. The number of nitrogens with one attached hydrogen (secondary N) is 2. The molecule has 0 spiro atoms. The molecule has 1 saturated carbocycles. The maximum absolute atomic E-state index is 13.9. The summed E-state index contributed by atoms with van der Waals surface area (Å²) in [6.45, 7) is 7.13. The molecule has 0 unspecified atom stereocenters. The number of amides is 3. The summed E-state index contributed by atoms with van der Waals surface area (Å²) in [6.07, 6.45) is 8.32. The Balaban J connectivity index is 0.902. The van der Waals surface area contributed by atoms with Crippen molar-refractivity contribution in [1.29, 1.82) is 0 Å². The Bertz CT molecular complexity index is 2260. The second-order valence-corrected chi connectivity index (χ2v) is 17.7. The zero-order chi connectivity index (χ0) is 41.4. The third-order valence-corrected chi connectivity index (χ3v) is 12.5. The van der Waals surface area contributed by atoms with Crippen LogP contribution in [-0.4, -0.2) is 101 Å². The molecule has 308 valence electrons. The molecule has 2 aliphatic heterocycles. The predicted octanol–water partition coefficient (Wildman–Crippen LogP) is 8.71. The van der Waals surface area contributed by atoms with Gasteiger partial charge in [0.25, 0.3) is 0 Å². The van der Waals surface area contributed by atoms with Crippen molar-refractivity contribution in [3.05, 3.63) is 108 Å². The highest BCUT2D eigenvalue weighted by Crippen LogP contribution is 2.40. The average Bonchev–Trinajstić information content (AvgIpc) is 4.07. The summed E-state index contributed by atoms with van der Waals surface area (Å²) in [5.41, 5.74) is 6.52. The number of carbonyl (C=O) groups is 3. The number of rotatable bonds is 10. The van der Waals surface area contributed by atoms with E-state index in [4.69, 9.17) is 9.97 Å². The van der Waals surface area contributed by atoms with E-state index in [1.807, 2.05) is 92.3 Å². The molecular weight excluding hydrogens is 741 g/mol. The smallest absolute Gasteiger partial charge is 0.407 e. The number of carbonyl (C=O) groups excluding carboxylic acids is 2. The van der Waals surface area contributed by atoms with Crippen molar-refractivity contribution in [2.75, 3.05) is 27.2 Å². The van der Waals surface area contributed by atoms with Crippen LogP contribution in [0.25, 0.3) is 33.6 Å². The number of aromatic amines is 2. The molecule has 59 heavy (non-hydrogen) atoms. The summed E-state index contributed by atoms with van der Waals surface area (Å²) in [6, 6.07) is 26.1. The highest BCUT2D eigenvalue weighted by molar-refractivity contribution is 5.84. The first-order chi connectivity index (χ1) is 28.4. The molecule has 1 aliphatic carbocycles. The van der Waals surface area contributed by atoms with E-state index < -0.39 is 11.6 Å². The van der Waals surface area contributed by atoms with Crippen molar-refractivity contribution in [2.45, 2.75) is 95.4 Å². The van der Waals surface area contributed by atoms with Crippen LogP contribution < -0.4 is 0 Å². The number of likely N-dealkylation sites (N-methyl/N-ethyl adjacent to an activating group) is 1. The van der Waals surface area contributed by atoms with Crippen LogP contribution in [-0.2, 0) is 9.59 Å². The second-order valence-electron chi connectivity index (χ2n) is 17.7. The summed E-state index contributed by atoms with van der Waals surface area (Å²) in [5.74, 6) is 1.64. The molecule has 2 aromatic heterocycles. The summed E-state index contributed by atoms with van der Waals surface area (Å²) < 4.78 is 0. The molecule has 5 atom stereocenters. The van der Waals surface area contributed by atoms with Gasteiger partial charge in [0.2, 0.25) is 11.8 Å². The van der Waals surface area contributed by atoms with Crippen molar-refractivity contribution >= 4 is 17.9 Å². The number of H-pyrrole nitrogens is 2. The number of carboxylic acid groups (broad SMARTS) is 1. The Morgan fingerprint density at radius 3 is 1.73 bits per heavy atom. The SMILES string of the molecule is CN(C)[C@@H](C(=O)N1CCC[C@H]1c1ncc(-c2ccc(-c3ccc(-c4cnc([C@@H]5CCCN5C(=O)[C@@H]5CC[C@H](N(C(=O)O)C(C)(C)C)C5)[nH]4)cc3)cc2)[nH]1)c1ccccc1. The molecule has 3 N–H and O–H groups in total. The summed E-state index contributed by atoms with van der Waals surface area (Å²) >= 11 is 0. The van der Waals surface area contributed by atoms with Gasteiger partial charge in [-0.15, -0.1) is 0 Å². The number of imidazole rings is 2. The quantitative estimate of drug-likeness (QED) is 0.128. The van der Waals surface area contributed by atoms with Gasteiger partial charge in [-0.3, -0.25) is 14.5 Å². The van der Waals surface area contributed by atoms with Crippen LogP contribution in [0.1, 0.15) is 101 Å². The summed E-state index contributed by atoms with van der Waals surface area (Å²) in [4.78, 5) is 63.9. The Labute approximate surface area is 346 Å². The van der Waals surface area contributed by atoms with Gasteiger partial charge in [0.15, 0.2) is 0 Å². The Hall–Kier alpha value is -5.75. The third-order valence-electron chi connectivity index (χ3n) is 12.5. The molecule has 2 saturated heterocycles. The van der Waals surface area contributed by atoms with Crippen molar-refractivity contribution in [1.82, 2.24) is 39.5 Å². The van der Waals surface area contributed by atoms with Gasteiger partial charge < -0.3 is 29.8 Å². The van der Waals surface area contributed by atoms with E-state index in [1.165, 1.54) is 4.90 Å². The van der Waals surface area contributed by atoms with E-state index >= 15 is 0 Å². The average molecular weight is 797 g/mol. The maximum atomic E-state index is 13.9. The lowest BCUT2D eigenvalue weighted by molar-refractivity contribution is -0.138. The Morgan fingerprint density at radius 2 is 1.22 bits per heavy atom. The van der Waals surface area contributed by atoms with Gasteiger partial charge in [-0.1, -0.05) is 78.9 Å². The highest BCUT2D eigenvalue weighted by atomic mass is 16.4. The van der Waals surface area contributed by atoms with E-state index in [-0.39, 0.29) is 41.9 Å². The van der Waals surface area contributed by atoms with Crippen LogP contribution in [0.15, 0.2) is 91.3 Å². The zero-order valence-electron chi connectivity index (χ0n) is 34.8. The standard InChI is InChI=1S/C47H56N8O4/c1-47(2,3)55(46(58)59)36-24-23-35(27-36)44(56)53-25-9-13-39(53)42-48-28-37(50-42)32-19-15-30(16-20-32)31-17-21-33(22-18-31)38-29-49-43(51-38)40-14-10-26-54(40)45(57)41(52(4)5)34-11-7-6-8-12-34/h6-8,11-12,15-22,28-29,35-36,39-41H,9-10,13-14,23-27H2,1-5H3,(H,48,50)(H,49,51)(H,58,59)/t35-,36+,39+,40+,41-/m1/s1. The van der Waals surface area contributed by atoms with Crippen LogP contribution in [0.5, 0.6) is 0 Å². The largest absolute Gasteiger partial charge is 0.465 e. The minimum absolute atomic E-state index is 0.0945. The lowest BCUT2D eigenvalue weighted by Gasteiger charge is -2.38. The zero-order valence-corrected chi connectivity index (χ0v) is 34.8. The van der Waals surface area contributed by atoms with E-state index in [2.05, 4.69) is 58.5 Å². The first-order valence-corrected chi connectivity index (χ1v) is 21.0. The van der Waals surface area contributed by atoms with Crippen LogP contribution in [0.3, 0.4) is 0 Å². The molecule has 3 amide bonds. The van der Waals surface area contributed by atoms with Crippen LogP contribution >= 0.6 is 0 Å². The number of aromatic nitrogens is 4. The van der Waals surface area contributed by atoms with Gasteiger partial charge >= 0.3 is 6.09 Å². The first-order valence-electron chi connectivity index (χ1n) is 21.0. The Morgan fingerprint density at radius 1 is 0.712 bits per heavy atom. The van der Waals surface area contributed by atoms with E-state index in [0.717, 1.165) is 76.5 Å². The van der Waals surface area contributed by atoms with Crippen LogP contribution in [0.4, 0.5) is 4.79 Å². The third kappa shape index (κ3) is 8.15. The van der Waals surface area contributed by atoms with Gasteiger partial charge in [0.05, 0.1) is 35.9 Å². The fraction of sp³-hybridized carbons (Fsp3) is 0.426. The molecule has 4 heterocycles. The number of nitrogens with zero attached hydrogens (tertiary/aromatic N) is 6. The van der Waals surface area contributed by atoms with Crippen molar-refractivity contribution in [2.24, 2.45) is 5.92 Å². The number of benzene rings is 3. The lowest BCUT2D eigenvalue weighted by Crippen LogP contribution is -2.50. The van der Waals surface area contributed by atoms with Gasteiger partial charge in [-0.05, 0) is 108 Å². The number of hydrogen-bond acceptors (Lipinski definition) is 6. The fourth-order valence-electron chi connectivity index (χ4n) is 9.72. The Kier molecular flexibility index (Phi) is 11.2. The molecule has 12 heteroatoms. The van der Waals surface area contributed by atoms with Crippen molar-refractivity contribution < 1.29 is 19.5 Å². The number of hydrogen-bond donors (Lipinski definition) is 3. The van der Waals surface area contributed by atoms with Gasteiger partial charge in [0.1, 0.15) is 17.7 Å². The second kappa shape index (κ2) is 16.5. The topological polar surface area (TPSA) is 142 Å². The van der Waals surface area contributed by atoms with Crippen LogP contribution in [0, 0.1) is 5.92 Å². The van der Waals surface area contributed by atoms with Crippen molar-refractivity contribution in [3.63, 3.8) is 0 Å². The lowest BCUT2D eigenvalue weighted by atomic mass is 10.0. The van der Waals surface area contributed by atoms with E-state index in [9.17, 15) is 19.5 Å². The molecular formula is C47H56N8O4. The van der Waals surface area contributed by atoms with E-state index in [1.54, 1.807) is 0 Å². The van der Waals surface area contributed by atoms with Gasteiger partial charge in [-0.25, -0.2) is 14.8 Å². The minimum atomic E-state index is -0.927. The maximum Gasteiger partial charge on any atom is 0.407 e.